The number of methoxy groups -OCH3 is 1. The third kappa shape index (κ3) is 4.48. The number of ether oxygens (including phenoxy) is 1. The summed E-state index contributed by atoms with van der Waals surface area (Å²) in [7, 11) is 1.63. The van der Waals surface area contributed by atoms with Gasteiger partial charge in [-0.2, -0.15) is 0 Å². The number of pyridine rings is 1. The number of rotatable bonds is 7. The maximum Gasteiger partial charge on any atom is 0.251 e. The van der Waals surface area contributed by atoms with Gasteiger partial charge in [-0.15, -0.1) is 10.2 Å². The molecule has 0 saturated carbocycles. The van der Waals surface area contributed by atoms with E-state index in [-0.39, 0.29) is 17.5 Å². The highest BCUT2D eigenvalue weighted by atomic mass is 16.5. The molecule has 0 bridgehead atoms. The molecule has 2 aromatic heterocycles. The van der Waals surface area contributed by atoms with E-state index < -0.39 is 0 Å². The molecule has 1 atom stereocenters. The molecule has 2 N–H and O–H groups in total. The first-order valence-electron chi connectivity index (χ1n) is 8.56. The summed E-state index contributed by atoms with van der Waals surface area (Å²) >= 11 is 0. The molecule has 8 heteroatoms. The number of H-pyrrole nitrogens is 1. The number of hydrogen-bond donors (Lipinski definition) is 2. The Morgan fingerprint density at radius 3 is 2.74 bits per heavy atom. The van der Waals surface area contributed by atoms with Gasteiger partial charge in [0.1, 0.15) is 6.33 Å². The maximum absolute atomic E-state index is 12.5. The van der Waals surface area contributed by atoms with Crippen LogP contribution in [0, 0.1) is 0 Å². The number of carbonyl (C=O) groups excluding carboxylic acids is 1. The second kappa shape index (κ2) is 8.41. The van der Waals surface area contributed by atoms with E-state index in [9.17, 15) is 9.59 Å². The zero-order valence-corrected chi connectivity index (χ0v) is 15.2. The zero-order valence-electron chi connectivity index (χ0n) is 15.2. The number of amides is 1. The van der Waals surface area contributed by atoms with Crippen LogP contribution in [0.3, 0.4) is 0 Å². The van der Waals surface area contributed by atoms with Gasteiger partial charge < -0.3 is 19.6 Å². The zero-order chi connectivity index (χ0) is 19.2. The average molecular weight is 367 g/mol. The topological polar surface area (TPSA) is 102 Å². The monoisotopic (exact) mass is 367 g/mol. The number of carbonyl (C=O) groups is 1. The molecular weight excluding hydrogens is 346 g/mol. The van der Waals surface area contributed by atoms with E-state index in [4.69, 9.17) is 4.74 Å². The second-order valence-corrected chi connectivity index (χ2v) is 6.08. The van der Waals surface area contributed by atoms with Crippen LogP contribution in [-0.2, 0) is 11.3 Å². The molecule has 1 aromatic carbocycles. The van der Waals surface area contributed by atoms with Crippen LogP contribution in [0.4, 0.5) is 0 Å². The molecule has 3 rings (SSSR count). The van der Waals surface area contributed by atoms with Crippen LogP contribution in [0.2, 0.25) is 0 Å². The lowest BCUT2D eigenvalue weighted by molar-refractivity contribution is 0.0937. The first kappa shape index (κ1) is 18.5. The number of aromatic amines is 1. The maximum atomic E-state index is 12.5. The molecule has 0 aliphatic carbocycles. The molecule has 0 unspecified atom stereocenters. The molecule has 3 aromatic rings. The first-order chi connectivity index (χ1) is 13.1. The van der Waals surface area contributed by atoms with Crippen molar-refractivity contribution >= 4 is 5.91 Å². The van der Waals surface area contributed by atoms with Crippen LogP contribution >= 0.6 is 0 Å². The lowest BCUT2D eigenvalue weighted by atomic mass is 10.1. The van der Waals surface area contributed by atoms with E-state index in [1.807, 2.05) is 17.6 Å². The Kier molecular flexibility index (Phi) is 5.77. The smallest absolute Gasteiger partial charge is 0.251 e. The van der Waals surface area contributed by atoms with Crippen molar-refractivity contribution in [2.75, 3.05) is 13.7 Å². The van der Waals surface area contributed by atoms with Crippen LogP contribution in [-0.4, -0.2) is 39.4 Å². The van der Waals surface area contributed by atoms with Gasteiger partial charge in [0.15, 0.2) is 5.82 Å². The van der Waals surface area contributed by atoms with Crippen molar-refractivity contribution < 1.29 is 9.53 Å². The van der Waals surface area contributed by atoms with E-state index in [0.717, 1.165) is 5.56 Å². The lowest BCUT2D eigenvalue weighted by Gasteiger charge is -2.15. The lowest BCUT2D eigenvalue weighted by Crippen LogP contribution is -2.29. The van der Waals surface area contributed by atoms with Crippen molar-refractivity contribution in [3.8, 4) is 11.3 Å². The largest absolute Gasteiger partial charge is 0.383 e. The summed E-state index contributed by atoms with van der Waals surface area (Å²) in [6.45, 7) is 3.01. The molecular formula is C19H21N5O3. The fraction of sp³-hybridized carbons (Fsp3) is 0.263. The van der Waals surface area contributed by atoms with Gasteiger partial charge in [0, 0.05) is 31.0 Å². The van der Waals surface area contributed by atoms with Crippen molar-refractivity contribution in [3.05, 3.63) is 70.5 Å². The van der Waals surface area contributed by atoms with Crippen molar-refractivity contribution in [1.82, 2.24) is 25.1 Å². The van der Waals surface area contributed by atoms with Gasteiger partial charge in [-0.3, -0.25) is 9.59 Å². The SMILES string of the molecule is COCCn1cnnc1[C@H](C)NC(=O)c1ccc(-c2cccc(=O)[nH]2)cc1. The molecule has 0 saturated heterocycles. The van der Waals surface area contributed by atoms with Crippen LogP contribution in [0.25, 0.3) is 11.3 Å². The molecule has 0 aliphatic rings. The fourth-order valence-electron chi connectivity index (χ4n) is 2.72. The number of aromatic nitrogens is 4. The van der Waals surface area contributed by atoms with Gasteiger partial charge in [-0.05, 0) is 30.7 Å². The van der Waals surface area contributed by atoms with Crippen molar-refractivity contribution in [2.24, 2.45) is 0 Å². The van der Waals surface area contributed by atoms with E-state index in [2.05, 4.69) is 20.5 Å². The fourth-order valence-corrected chi connectivity index (χ4v) is 2.72. The highest BCUT2D eigenvalue weighted by molar-refractivity contribution is 5.94. The van der Waals surface area contributed by atoms with Gasteiger partial charge in [0.2, 0.25) is 5.56 Å². The predicted octanol–water partition coefficient (Wildman–Crippen LogP) is 1.77. The second-order valence-electron chi connectivity index (χ2n) is 6.08. The Bertz CT molecular complexity index is 962. The summed E-state index contributed by atoms with van der Waals surface area (Å²) in [5, 5.41) is 10.9. The van der Waals surface area contributed by atoms with Crippen LogP contribution in [0.1, 0.15) is 29.1 Å². The molecule has 140 valence electrons. The highest BCUT2D eigenvalue weighted by Crippen LogP contribution is 2.17. The quantitative estimate of drug-likeness (QED) is 0.663. The standard InChI is InChI=1S/C19H21N5O3/c1-13(18-23-20-12-24(18)10-11-27-2)21-19(26)15-8-6-14(7-9-15)16-4-3-5-17(25)22-16/h3-9,12-13H,10-11H2,1-2H3,(H,21,26)(H,22,25)/t13-/m0/s1. The molecule has 0 aliphatic heterocycles. The van der Waals surface area contributed by atoms with E-state index >= 15 is 0 Å². The number of nitrogens with zero attached hydrogens (tertiary/aromatic N) is 3. The average Bonchev–Trinajstić information content (AvgIpc) is 3.15. The normalized spacial score (nSPS) is 11.9. The van der Waals surface area contributed by atoms with Crippen LogP contribution in [0.15, 0.2) is 53.6 Å². The molecule has 0 fully saturated rings. The summed E-state index contributed by atoms with van der Waals surface area (Å²) in [5.74, 6) is 0.454. The minimum atomic E-state index is -0.304. The van der Waals surface area contributed by atoms with Gasteiger partial charge >= 0.3 is 0 Å². The molecule has 0 spiro atoms. The minimum Gasteiger partial charge on any atom is -0.383 e. The van der Waals surface area contributed by atoms with E-state index in [1.165, 1.54) is 6.07 Å². The Hall–Kier alpha value is -3.26. The first-order valence-corrected chi connectivity index (χ1v) is 8.56. The Morgan fingerprint density at radius 2 is 2.04 bits per heavy atom. The third-order valence-electron chi connectivity index (χ3n) is 4.14. The summed E-state index contributed by atoms with van der Waals surface area (Å²) < 4.78 is 6.92. The summed E-state index contributed by atoms with van der Waals surface area (Å²) in [4.78, 5) is 26.7. The molecule has 2 heterocycles. The van der Waals surface area contributed by atoms with Crippen LogP contribution < -0.4 is 10.9 Å². The molecule has 8 nitrogen and oxygen atoms in total. The van der Waals surface area contributed by atoms with Crippen molar-refractivity contribution in [1.29, 1.82) is 0 Å². The van der Waals surface area contributed by atoms with E-state index in [0.29, 0.717) is 30.2 Å². The van der Waals surface area contributed by atoms with Crippen LogP contribution in [0.5, 0.6) is 0 Å². The highest BCUT2D eigenvalue weighted by Gasteiger charge is 2.16. The number of benzene rings is 1. The Morgan fingerprint density at radius 1 is 1.26 bits per heavy atom. The summed E-state index contributed by atoms with van der Waals surface area (Å²) in [6.07, 6.45) is 1.62. The third-order valence-corrected chi connectivity index (χ3v) is 4.14. The van der Waals surface area contributed by atoms with Gasteiger partial charge in [0.25, 0.3) is 5.91 Å². The van der Waals surface area contributed by atoms with Crippen molar-refractivity contribution in [2.45, 2.75) is 19.5 Å². The number of hydrogen-bond acceptors (Lipinski definition) is 5. The summed E-state index contributed by atoms with van der Waals surface area (Å²) in [6, 6.07) is 11.7. The van der Waals surface area contributed by atoms with Gasteiger partial charge in [-0.25, -0.2) is 0 Å². The Balaban J connectivity index is 1.69. The van der Waals surface area contributed by atoms with Gasteiger partial charge in [-0.1, -0.05) is 18.2 Å². The predicted molar refractivity (Wildman–Crippen MR) is 100 cm³/mol. The molecule has 27 heavy (non-hydrogen) atoms. The molecule has 0 radical (unpaired) electrons. The molecule has 1 amide bonds. The van der Waals surface area contributed by atoms with E-state index in [1.54, 1.807) is 43.8 Å². The summed E-state index contributed by atoms with van der Waals surface area (Å²) in [5.41, 5.74) is 1.89. The Labute approximate surface area is 156 Å². The number of nitrogens with one attached hydrogen (secondary N) is 2. The van der Waals surface area contributed by atoms with Gasteiger partial charge in [0.05, 0.1) is 12.6 Å². The minimum absolute atomic E-state index is 0.166. The van der Waals surface area contributed by atoms with Crippen molar-refractivity contribution in [3.63, 3.8) is 0 Å².